The van der Waals surface area contributed by atoms with Crippen molar-refractivity contribution in [3.05, 3.63) is 67.6 Å². The molecule has 2 aromatic carbocycles. The van der Waals surface area contributed by atoms with Gasteiger partial charge in [-0.05, 0) is 68.4 Å². The molecule has 0 atom stereocenters. The molecule has 1 heterocycles. The summed E-state index contributed by atoms with van der Waals surface area (Å²) in [5, 5.41) is 1.80. The van der Waals surface area contributed by atoms with Gasteiger partial charge in [-0.1, -0.05) is 58.5 Å². The number of benzene rings is 2. The third kappa shape index (κ3) is 5.08. The lowest BCUT2D eigenvalue weighted by molar-refractivity contribution is -0.154. The highest BCUT2D eigenvalue weighted by molar-refractivity contribution is 6.42. The van der Waals surface area contributed by atoms with E-state index >= 15 is 0 Å². The van der Waals surface area contributed by atoms with E-state index in [1.165, 1.54) is 0 Å². The number of rotatable bonds is 4. The number of piperidine rings is 1. The molecular formula is C20H20Cl5NO2. The van der Waals surface area contributed by atoms with Gasteiger partial charge in [0, 0.05) is 0 Å². The summed E-state index contributed by atoms with van der Waals surface area (Å²) in [6, 6.07) is 10.6. The monoisotopic (exact) mass is 481 g/mol. The fourth-order valence-corrected chi connectivity index (χ4v) is 3.94. The zero-order chi connectivity index (χ0) is 19.6. The minimum absolute atomic E-state index is 0. The summed E-state index contributed by atoms with van der Waals surface area (Å²) in [7, 11) is 2.04. The number of likely N-dealkylation sites (tertiary alicyclic amines) is 1. The van der Waals surface area contributed by atoms with Gasteiger partial charge in [0.25, 0.3) is 0 Å². The standard InChI is InChI=1S/C20H19Cl4NO2.ClH/c1-25-8-6-20(7-9-25,14-3-5-16(22)18(24)11-14)19(26)27-12-13-2-4-15(21)17(23)10-13;/h2-5,10-11H,6-9,12H2,1H3;1H. The lowest BCUT2D eigenvalue weighted by Gasteiger charge is -2.39. The van der Waals surface area contributed by atoms with E-state index in [0.717, 1.165) is 24.2 Å². The molecule has 0 radical (unpaired) electrons. The molecule has 0 N–H and O–H groups in total. The second-order valence-corrected chi connectivity index (χ2v) is 8.47. The number of carbonyl (C=O) groups is 1. The maximum absolute atomic E-state index is 13.2. The van der Waals surface area contributed by atoms with Crippen LogP contribution in [0.3, 0.4) is 0 Å². The van der Waals surface area contributed by atoms with Crippen molar-refractivity contribution in [2.45, 2.75) is 24.9 Å². The molecule has 8 heteroatoms. The van der Waals surface area contributed by atoms with Gasteiger partial charge in [0.15, 0.2) is 0 Å². The molecule has 0 aromatic heterocycles. The molecule has 1 fully saturated rings. The van der Waals surface area contributed by atoms with Gasteiger partial charge in [-0.25, -0.2) is 0 Å². The highest BCUT2D eigenvalue weighted by Crippen LogP contribution is 2.39. The molecule has 0 unspecified atom stereocenters. The Balaban J connectivity index is 0.00000280. The number of hydrogen-bond acceptors (Lipinski definition) is 3. The Hall–Kier alpha value is -0.680. The number of hydrogen-bond donors (Lipinski definition) is 0. The van der Waals surface area contributed by atoms with Crippen molar-refractivity contribution in [3.8, 4) is 0 Å². The van der Waals surface area contributed by atoms with Crippen LogP contribution in [0.25, 0.3) is 0 Å². The van der Waals surface area contributed by atoms with E-state index in [-0.39, 0.29) is 25.0 Å². The summed E-state index contributed by atoms with van der Waals surface area (Å²) >= 11 is 24.3. The molecule has 0 aliphatic carbocycles. The number of ether oxygens (including phenoxy) is 1. The number of carbonyl (C=O) groups excluding carboxylic acids is 1. The Morgan fingerprint density at radius 1 is 0.964 bits per heavy atom. The first kappa shape index (κ1) is 23.6. The van der Waals surface area contributed by atoms with Crippen LogP contribution >= 0.6 is 58.8 Å². The summed E-state index contributed by atoms with van der Waals surface area (Å²) in [5.74, 6) is -0.264. The van der Waals surface area contributed by atoms with Crippen LogP contribution in [0.2, 0.25) is 20.1 Å². The lowest BCUT2D eigenvalue weighted by atomic mass is 9.73. The lowest BCUT2D eigenvalue weighted by Crippen LogP contribution is -2.47. The van der Waals surface area contributed by atoms with Crippen molar-refractivity contribution < 1.29 is 9.53 Å². The summed E-state index contributed by atoms with van der Waals surface area (Å²) in [5.41, 5.74) is 0.885. The van der Waals surface area contributed by atoms with Crippen molar-refractivity contribution in [2.24, 2.45) is 0 Å². The molecule has 1 saturated heterocycles. The van der Waals surface area contributed by atoms with Crippen LogP contribution in [0.1, 0.15) is 24.0 Å². The third-order valence-corrected chi connectivity index (χ3v) is 6.54. The van der Waals surface area contributed by atoms with Crippen molar-refractivity contribution in [2.75, 3.05) is 20.1 Å². The first-order chi connectivity index (χ1) is 12.8. The Bertz CT molecular complexity index is 850. The molecular weight excluding hydrogens is 463 g/mol. The van der Waals surface area contributed by atoms with E-state index < -0.39 is 5.41 Å². The van der Waals surface area contributed by atoms with E-state index in [1.54, 1.807) is 30.3 Å². The van der Waals surface area contributed by atoms with Gasteiger partial charge >= 0.3 is 5.97 Å². The summed E-state index contributed by atoms with van der Waals surface area (Å²) in [6.07, 6.45) is 1.31. The van der Waals surface area contributed by atoms with E-state index in [4.69, 9.17) is 51.1 Å². The molecule has 0 amide bonds. The second kappa shape index (κ2) is 9.88. The molecule has 0 bridgehead atoms. The van der Waals surface area contributed by atoms with Crippen LogP contribution in [-0.4, -0.2) is 31.0 Å². The number of nitrogens with zero attached hydrogens (tertiary/aromatic N) is 1. The largest absolute Gasteiger partial charge is 0.460 e. The van der Waals surface area contributed by atoms with Gasteiger partial charge in [0.2, 0.25) is 0 Å². The third-order valence-electron chi connectivity index (χ3n) is 5.06. The minimum atomic E-state index is -0.739. The van der Waals surface area contributed by atoms with Crippen LogP contribution in [0.4, 0.5) is 0 Å². The average molecular weight is 484 g/mol. The van der Waals surface area contributed by atoms with Crippen LogP contribution in [0, 0.1) is 0 Å². The zero-order valence-corrected chi connectivity index (χ0v) is 19.0. The summed E-state index contributed by atoms with van der Waals surface area (Å²) in [6.45, 7) is 1.72. The fourth-order valence-electron chi connectivity index (χ4n) is 3.32. The summed E-state index contributed by atoms with van der Waals surface area (Å²) < 4.78 is 5.69. The van der Waals surface area contributed by atoms with Crippen molar-refractivity contribution >= 4 is 64.8 Å². The molecule has 1 aliphatic rings. The maximum atomic E-state index is 13.2. The van der Waals surface area contributed by atoms with E-state index in [2.05, 4.69) is 4.90 Å². The quantitative estimate of drug-likeness (QED) is 0.470. The van der Waals surface area contributed by atoms with Gasteiger partial charge in [0.1, 0.15) is 6.61 Å². The Kier molecular flexibility index (Phi) is 8.33. The SMILES string of the molecule is CN1CCC(C(=O)OCc2ccc(Cl)c(Cl)c2)(c2ccc(Cl)c(Cl)c2)CC1.Cl. The highest BCUT2D eigenvalue weighted by atomic mass is 35.5. The molecule has 0 saturated carbocycles. The van der Waals surface area contributed by atoms with Gasteiger partial charge in [-0.15, -0.1) is 12.4 Å². The highest BCUT2D eigenvalue weighted by Gasteiger charge is 2.44. The number of esters is 1. The molecule has 28 heavy (non-hydrogen) atoms. The van der Waals surface area contributed by atoms with E-state index in [0.29, 0.717) is 32.9 Å². The molecule has 152 valence electrons. The van der Waals surface area contributed by atoms with Crippen molar-refractivity contribution in [1.82, 2.24) is 4.90 Å². The van der Waals surface area contributed by atoms with Crippen molar-refractivity contribution in [1.29, 1.82) is 0 Å². The molecule has 3 rings (SSSR count). The van der Waals surface area contributed by atoms with Gasteiger partial charge in [-0.2, -0.15) is 0 Å². The van der Waals surface area contributed by atoms with Crippen LogP contribution in [0.15, 0.2) is 36.4 Å². The normalized spacial score (nSPS) is 16.3. The molecule has 0 spiro atoms. The van der Waals surface area contributed by atoms with Gasteiger partial charge in [0.05, 0.1) is 25.5 Å². The van der Waals surface area contributed by atoms with Crippen molar-refractivity contribution in [3.63, 3.8) is 0 Å². The Morgan fingerprint density at radius 3 is 2.11 bits per heavy atom. The topological polar surface area (TPSA) is 29.5 Å². The first-order valence-electron chi connectivity index (χ1n) is 8.57. The average Bonchev–Trinajstić information content (AvgIpc) is 2.65. The Morgan fingerprint density at radius 2 is 1.54 bits per heavy atom. The molecule has 1 aliphatic heterocycles. The summed E-state index contributed by atoms with van der Waals surface area (Å²) in [4.78, 5) is 15.4. The molecule has 3 nitrogen and oxygen atoms in total. The van der Waals surface area contributed by atoms with Crippen LogP contribution < -0.4 is 0 Å². The van der Waals surface area contributed by atoms with Gasteiger partial charge in [-0.3, -0.25) is 4.79 Å². The smallest absolute Gasteiger partial charge is 0.316 e. The number of halogens is 5. The minimum Gasteiger partial charge on any atom is -0.460 e. The molecule has 2 aromatic rings. The Labute approximate surface area is 191 Å². The van der Waals surface area contributed by atoms with Crippen LogP contribution in [-0.2, 0) is 21.6 Å². The predicted molar refractivity (Wildman–Crippen MR) is 118 cm³/mol. The fraction of sp³-hybridized carbons (Fsp3) is 0.350. The first-order valence-corrected chi connectivity index (χ1v) is 10.1. The van der Waals surface area contributed by atoms with Crippen LogP contribution in [0.5, 0.6) is 0 Å². The van der Waals surface area contributed by atoms with Gasteiger partial charge < -0.3 is 9.64 Å². The maximum Gasteiger partial charge on any atom is 0.316 e. The zero-order valence-electron chi connectivity index (χ0n) is 15.2. The van der Waals surface area contributed by atoms with E-state index in [9.17, 15) is 4.79 Å². The predicted octanol–water partition coefficient (Wildman–Crippen LogP) is 6.43. The second-order valence-electron chi connectivity index (χ2n) is 6.84. The van der Waals surface area contributed by atoms with E-state index in [1.807, 2.05) is 13.1 Å².